The molecule has 0 radical (unpaired) electrons. The Bertz CT molecular complexity index is 1620. The van der Waals surface area contributed by atoms with E-state index in [2.05, 4.69) is 27.7 Å². The Morgan fingerprint density at radius 1 is 0.286 bits per heavy atom. The zero-order valence-corrected chi connectivity index (χ0v) is 55.7. The van der Waals surface area contributed by atoms with Crippen molar-refractivity contribution >= 4 is 39.5 Å². The minimum Gasteiger partial charge on any atom is -0.462 e. The number of aliphatic hydroxyl groups excluding tert-OH is 1. The molecular formula is C65H126O17P2. The second-order valence-corrected chi connectivity index (χ2v) is 26.4. The van der Waals surface area contributed by atoms with Crippen molar-refractivity contribution in [3.63, 3.8) is 0 Å². The molecule has 498 valence electrons. The molecule has 0 aliphatic rings. The molecule has 0 fully saturated rings. The van der Waals surface area contributed by atoms with Crippen molar-refractivity contribution in [3.05, 3.63) is 0 Å². The number of hydrogen-bond acceptors (Lipinski definition) is 15. The summed E-state index contributed by atoms with van der Waals surface area (Å²) in [5, 5.41) is 10.5. The molecule has 3 N–H and O–H groups in total. The van der Waals surface area contributed by atoms with Crippen molar-refractivity contribution in [2.24, 2.45) is 0 Å². The third-order valence-corrected chi connectivity index (χ3v) is 17.0. The van der Waals surface area contributed by atoms with Gasteiger partial charge in [0, 0.05) is 25.7 Å². The number of unbranched alkanes of at least 4 members (excludes halogenated alkanes) is 40. The molecule has 0 rings (SSSR count). The first kappa shape index (κ1) is 82.1. The Morgan fingerprint density at radius 2 is 0.476 bits per heavy atom. The van der Waals surface area contributed by atoms with Crippen LogP contribution >= 0.6 is 15.6 Å². The first-order chi connectivity index (χ1) is 40.7. The summed E-state index contributed by atoms with van der Waals surface area (Å²) >= 11 is 0. The molecule has 17 nitrogen and oxygen atoms in total. The second kappa shape index (κ2) is 60.0. The maximum Gasteiger partial charge on any atom is 0.472 e. The maximum absolute atomic E-state index is 13.0. The van der Waals surface area contributed by atoms with Crippen LogP contribution in [0.1, 0.15) is 336 Å². The van der Waals surface area contributed by atoms with E-state index in [1.165, 1.54) is 167 Å². The van der Waals surface area contributed by atoms with E-state index < -0.39 is 97.5 Å². The van der Waals surface area contributed by atoms with Crippen LogP contribution in [0.5, 0.6) is 0 Å². The Hall–Kier alpha value is -1.94. The van der Waals surface area contributed by atoms with Gasteiger partial charge in [0.15, 0.2) is 12.2 Å². The predicted molar refractivity (Wildman–Crippen MR) is 335 cm³/mol. The fourth-order valence-corrected chi connectivity index (χ4v) is 11.4. The fraction of sp³-hybridized carbons (Fsp3) is 0.938. The molecular weight excluding hydrogens is 1110 g/mol. The number of carbonyl (C=O) groups excluding carboxylic acids is 4. The second-order valence-electron chi connectivity index (χ2n) is 23.5. The summed E-state index contributed by atoms with van der Waals surface area (Å²) in [5.41, 5.74) is 0. The normalized spacial score (nSPS) is 14.1. The summed E-state index contributed by atoms with van der Waals surface area (Å²) in [5.74, 6) is -2.13. The van der Waals surface area contributed by atoms with Gasteiger partial charge < -0.3 is 33.8 Å². The molecule has 0 aliphatic heterocycles. The molecule has 0 saturated heterocycles. The standard InChI is InChI=1S/C65H126O17P2/c1-5-9-13-17-21-25-26-27-28-29-30-31-32-36-40-44-48-52-65(70)82-61(56-76-63(68)50-46-42-38-34-23-19-15-11-7-3)58-80-84(73,74)78-54-59(66)53-77-83(71,72)79-57-60(81-64(69)51-47-43-39-35-24-20-16-12-8-4)55-75-62(67)49-45-41-37-33-22-18-14-10-6-2/h59-61,66H,5-58H2,1-4H3,(H,71,72)(H,73,74)/t59-,60+,61+/m0/s1. The smallest absolute Gasteiger partial charge is 0.462 e. The maximum atomic E-state index is 13.0. The highest BCUT2D eigenvalue weighted by atomic mass is 31.2. The average molecular weight is 1240 g/mol. The quantitative estimate of drug-likeness (QED) is 0.0222. The zero-order valence-electron chi connectivity index (χ0n) is 53.9. The summed E-state index contributed by atoms with van der Waals surface area (Å²) in [6, 6.07) is 0. The minimum absolute atomic E-state index is 0.106. The number of ether oxygens (including phenoxy) is 4. The highest BCUT2D eigenvalue weighted by Crippen LogP contribution is 2.45. The van der Waals surface area contributed by atoms with Gasteiger partial charge in [-0.15, -0.1) is 0 Å². The summed E-state index contributed by atoms with van der Waals surface area (Å²) in [6.45, 7) is 4.86. The van der Waals surface area contributed by atoms with Crippen LogP contribution in [0.2, 0.25) is 0 Å². The molecule has 0 saturated carbocycles. The number of carbonyl (C=O) groups is 4. The van der Waals surface area contributed by atoms with E-state index in [1.807, 2.05) is 0 Å². The molecule has 0 heterocycles. The van der Waals surface area contributed by atoms with Crippen LogP contribution in [-0.2, 0) is 65.4 Å². The Balaban J connectivity index is 5.17. The number of aliphatic hydroxyl groups is 1. The van der Waals surface area contributed by atoms with Gasteiger partial charge in [-0.05, 0) is 25.7 Å². The van der Waals surface area contributed by atoms with Gasteiger partial charge in [-0.3, -0.25) is 37.3 Å². The number of hydrogen-bond donors (Lipinski definition) is 3. The molecule has 0 spiro atoms. The van der Waals surface area contributed by atoms with Crippen molar-refractivity contribution in [1.82, 2.24) is 0 Å². The Labute approximate surface area is 511 Å². The highest BCUT2D eigenvalue weighted by Gasteiger charge is 2.30. The lowest BCUT2D eigenvalue weighted by atomic mass is 10.0. The first-order valence-corrected chi connectivity index (χ1v) is 37.3. The fourth-order valence-electron chi connectivity index (χ4n) is 9.81. The number of phosphoric ester groups is 2. The van der Waals surface area contributed by atoms with E-state index in [9.17, 15) is 43.2 Å². The monoisotopic (exact) mass is 1240 g/mol. The SMILES string of the molecule is CCCCCCCCCCCCCCCCCCCC(=O)O[C@H](COC(=O)CCCCCCCCCCC)COP(=O)(O)OC[C@@H](O)COP(=O)(O)OC[C@@H](COC(=O)CCCCCCCCCCC)OC(=O)CCCCCCCCCCC. The molecule has 0 aromatic rings. The first-order valence-electron chi connectivity index (χ1n) is 34.3. The molecule has 19 heteroatoms. The summed E-state index contributed by atoms with van der Waals surface area (Å²) in [7, 11) is -9.88. The van der Waals surface area contributed by atoms with Gasteiger partial charge in [-0.2, -0.15) is 0 Å². The molecule has 0 aromatic heterocycles. The minimum atomic E-state index is -4.94. The molecule has 0 bridgehead atoms. The topological polar surface area (TPSA) is 237 Å². The molecule has 0 aromatic carbocycles. The third-order valence-electron chi connectivity index (χ3n) is 15.1. The molecule has 5 atom stereocenters. The van der Waals surface area contributed by atoms with E-state index in [-0.39, 0.29) is 25.7 Å². The van der Waals surface area contributed by atoms with Gasteiger partial charge in [0.2, 0.25) is 0 Å². The van der Waals surface area contributed by atoms with E-state index in [0.29, 0.717) is 25.7 Å². The van der Waals surface area contributed by atoms with Gasteiger partial charge in [0.05, 0.1) is 26.4 Å². The molecule has 84 heavy (non-hydrogen) atoms. The lowest BCUT2D eigenvalue weighted by Gasteiger charge is -2.21. The van der Waals surface area contributed by atoms with Gasteiger partial charge in [0.25, 0.3) is 0 Å². The van der Waals surface area contributed by atoms with Crippen LogP contribution in [0.4, 0.5) is 0 Å². The van der Waals surface area contributed by atoms with Crippen LogP contribution in [0.25, 0.3) is 0 Å². The molecule has 0 amide bonds. The van der Waals surface area contributed by atoms with E-state index in [0.717, 1.165) is 89.9 Å². The number of rotatable bonds is 66. The van der Waals surface area contributed by atoms with Crippen molar-refractivity contribution in [2.75, 3.05) is 39.6 Å². The van der Waals surface area contributed by atoms with E-state index in [4.69, 9.17) is 37.0 Å². The van der Waals surface area contributed by atoms with Crippen LogP contribution in [-0.4, -0.2) is 96.7 Å². The molecule has 0 aliphatic carbocycles. The number of esters is 4. The zero-order chi connectivity index (χ0) is 61.9. The number of phosphoric acid groups is 2. The van der Waals surface area contributed by atoms with Gasteiger partial charge in [-0.1, -0.05) is 285 Å². The average Bonchev–Trinajstić information content (AvgIpc) is 3.61. The van der Waals surface area contributed by atoms with Gasteiger partial charge in [0.1, 0.15) is 19.3 Å². The predicted octanol–water partition coefficient (Wildman–Crippen LogP) is 18.3. The van der Waals surface area contributed by atoms with E-state index >= 15 is 0 Å². The summed E-state index contributed by atoms with van der Waals surface area (Å²) < 4.78 is 67.9. The lowest BCUT2D eigenvalue weighted by Crippen LogP contribution is -2.30. The Kier molecular flexibility index (Phi) is 58.6. The van der Waals surface area contributed by atoms with Crippen LogP contribution < -0.4 is 0 Å². The highest BCUT2D eigenvalue weighted by molar-refractivity contribution is 7.47. The van der Waals surface area contributed by atoms with Gasteiger partial charge in [-0.25, -0.2) is 9.13 Å². The van der Waals surface area contributed by atoms with Crippen LogP contribution in [0.15, 0.2) is 0 Å². The summed E-state index contributed by atoms with van der Waals surface area (Å²) in [6.07, 6.45) is 45.8. The lowest BCUT2D eigenvalue weighted by molar-refractivity contribution is -0.161. The van der Waals surface area contributed by atoms with Crippen LogP contribution in [0.3, 0.4) is 0 Å². The van der Waals surface area contributed by atoms with Crippen molar-refractivity contribution in [1.29, 1.82) is 0 Å². The van der Waals surface area contributed by atoms with Gasteiger partial charge >= 0.3 is 39.5 Å². The van der Waals surface area contributed by atoms with Crippen molar-refractivity contribution in [2.45, 2.75) is 354 Å². The largest absolute Gasteiger partial charge is 0.472 e. The van der Waals surface area contributed by atoms with Crippen molar-refractivity contribution < 1.29 is 80.2 Å². The van der Waals surface area contributed by atoms with E-state index in [1.54, 1.807) is 0 Å². The van der Waals surface area contributed by atoms with Crippen molar-refractivity contribution in [3.8, 4) is 0 Å². The van der Waals surface area contributed by atoms with Crippen LogP contribution in [0, 0.1) is 0 Å². The molecule has 2 unspecified atom stereocenters. The Morgan fingerprint density at radius 3 is 0.702 bits per heavy atom. The summed E-state index contributed by atoms with van der Waals surface area (Å²) in [4.78, 5) is 72.1. The third kappa shape index (κ3) is 59.0.